The summed E-state index contributed by atoms with van der Waals surface area (Å²) in [6.45, 7) is 3.47. The number of primary amides is 1. The zero-order valence-corrected chi connectivity index (χ0v) is 18.7. The summed E-state index contributed by atoms with van der Waals surface area (Å²) < 4.78 is 17.3. The van der Waals surface area contributed by atoms with Gasteiger partial charge >= 0.3 is 0 Å². The van der Waals surface area contributed by atoms with Crippen molar-refractivity contribution in [3.8, 4) is 34.4 Å². The average molecular weight is 461 g/mol. The van der Waals surface area contributed by atoms with Gasteiger partial charge in [-0.25, -0.2) is 0 Å². The second kappa shape index (κ2) is 9.68. The number of fused-ring (bicyclic) bond motifs is 1. The van der Waals surface area contributed by atoms with Gasteiger partial charge in [0.25, 0.3) is 5.91 Å². The van der Waals surface area contributed by atoms with Gasteiger partial charge < -0.3 is 19.9 Å². The molecule has 1 aliphatic rings. The van der Waals surface area contributed by atoms with Gasteiger partial charge in [0.15, 0.2) is 11.5 Å². The third-order valence-electron chi connectivity index (χ3n) is 5.34. The van der Waals surface area contributed by atoms with E-state index in [-0.39, 0.29) is 5.57 Å². The van der Waals surface area contributed by atoms with Gasteiger partial charge in [-0.2, -0.15) is 5.26 Å². The normalized spacial score (nSPS) is 12.7. The Morgan fingerprint density at radius 1 is 1.15 bits per heavy atom. The highest BCUT2D eigenvalue weighted by Gasteiger charge is 2.14. The number of nitrogens with zero attached hydrogens (tertiary/aromatic N) is 1. The van der Waals surface area contributed by atoms with Crippen molar-refractivity contribution in [2.45, 2.75) is 13.5 Å². The molecule has 0 saturated carbocycles. The molecule has 0 unspecified atom stereocenters. The molecule has 166 valence electrons. The fraction of sp³-hybridized carbons (Fsp3) is 0.154. The lowest BCUT2D eigenvalue weighted by Crippen LogP contribution is -2.15. The third-order valence-corrected chi connectivity index (χ3v) is 5.63. The number of nitrogens with two attached hydrogens (primary N) is 1. The molecule has 0 radical (unpaired) electrons. The van der Waals surface area contributed by atoms with Crippen LogP contribution in [0.5, 0.6) is 17.2 Å². The summed E-state index contributed by atoms with van der Waals surface area (Å²) in [5, 5.41) is 9.36. The molecule has 1 amide bonds. The van der Waals surface area contributed by atoms with Gasteiger partial charge in [-0.3, -0.25) is 4.79 Å². The van der Waals surface area contributed by atoms with Crippen molar-refractivity contribution in [3.63, 3.8) is 0 Å². The first-order chi connectivity index (χ1) is 16.0. The molecule has 3 aromatic rings. The predicted octanol–water partition coefficient (Wildman–Crippen LogP) is 5.06. The molecule has 0 saturated heterocycles. The van der Waals surface area contributed by atoms with Crippen LogP contribution in [0.2, 0.25) is 5.02 Å². The quantitative estimate of drug-likeness (QED) is 0.410. The van der Waals surface area contributed by atoms with Crippen LogP contribution in [0.4, 0.5) is 0 Å². The smallest absolute Gasteiger partial charge is 0.259 e. The van der Waals surface area contributed by atoms with Crippen LogP contribution in [0.3, 0.4) is 0 Å². The van der Waals surface area contributed by atoms with E-state index in [9.17, 15) is 4.79 Å². The van der Waals surface area contributed by atoms with Crippen LogP contribution in [0, 0.1) is 18.3 Å². The van der Waals surface area contributed by atoms with Crippen molar-refractivity contribution < 1.29 is 19.0 Å². The number of halogens is 1. The Kier molecular flexibility index (Phi) is 6.53. The van der Waals surface area contributed by atoms with Crippen molar-refractivity contribution in [1.29, 1.82) is 5.26 Å². The van der Waals surface area contributed by atoms with Crippen molar-refractivity contribution in [3.05, 3.63) is 81.9 Å². The zero-order chi connectivity index (χ0) is 23.4. The summed E-state index contributed by atoms with van der Waals surface area (Å²) in [5.74, 6) is 1.21. The minimum atomic E-state index is -0.790. The lowest BCUT2D eigenvalue weighted by atomic mass is 9.96. The molecule has 0 aromatic heterocycles. The van der Waals surface area contributed by atoms with Crippen LogP contribution >= 0.6 is 11.6 Å². The summed E-state index contributed by atoms with van der Waals surface area (Å²) in [6, 6.07) is 18.8. The zero-order valence-electron chi connectivity index (χ0n) is 17.9. The van der Waals surface area contributed by atoms with Gasteiger partial charge in [0.2, 0.25) is 0 Å². The van der Waals surface area contributed by atoms with Crippen molar-refractivity contribution >= 4 is 23.6 Å². The Hall–Kier alpha value is -3.95. The number of ether oxygens (including phenoxy) is 3. The molecule has 33 heavy (non-hydrogen) atoms. The molecule has 4 rings (SSSR count). The van der Waals surface area contributed by atoms with E-state index in [4.69, 9.17) is 36.8 Å². The number of rotatable bonds is 6. The first kappa shape index (κ1) is 22.3. The minimum Gasteiger partial charge on any atom is -0.487 e. The second-order valence-electron chi connectivity index (χ2n) is 7.46. The summed E-state index contributed by atoms with van der Waals surface area (Å²) >= 11 is 6.36. The van der Waals surface area contributed by atoms with E-state index >= 15 is 0 Å². The summed E-state index contributed by atoms with van der Waals surface area (Å²) in [5.41, 5.74) is 9.83. The van der Waals surface area contributed by atoms with Crippen molar-refractivity contribution in [2.24, 2.45) is 5.73 Å². The van der Waals surface area contributed by atoms with Crippen molar-refractivity contribution in [2.75, 3.05) is 13.2 Å². The summed E-state index contributed by atoms with van der Waals surface area (Å²) in [4.78, 5) is 11.2. The van der Waals surface area contributed by atoms with Gasteiger partial charge in [-0.15, -0.1) is 0 Å². The Morgan fingerprint density at radius 2 is 1.94 bits per heavy atom. The highest BCUT2D eigenvalue weighted by atomic mass is 35.5. The highest BCUT2D eigenvalue weighted by Crippen LogP contribution is 2.36. The van der Waals surface area contributed by atoms with Crippen LogP contribution in [0.1, 0.15) is 16.7 Å². The Labute approximate surface area is 196 Å². The third kappa shape index (κ3) is 4.94. The van der Waals surface area contributed by atoms with E-state index in [0.717, 1.165) is 33.8 Å². The number of benzene rings is 3. The second-order valence-corrected chi connectivity index (χ2v) is 7.87. The van der Waals surface area contributed by atoms with Gasteiger partial charge in [0, 0.05) is 0 Å². The van der Waals surface area contributed by atoms with E-state index in [1.165, 1.54) is 6.08 Å². The van der Waals surface area contributed by atoms with Gasteiger partial charge in [0.1, 0.15) is 37.2 Å². The number of carbonyl (C=O) groups is 1. The Bertz CT molecular complexity index is 1290. The first-order valence-corrected chi connectivity index (χ1v) is 10.7. The fourth-order valence-electron chi connectivity index (χ4n) is 3.57. The van der Waals surface area contributed by atoms with Crippen LogP contribution in [0.25, 0.3) is 17.2 Å². The molecule has 0 spiro atoms. The topological polar surface area (TPSA) is 94.6 Å². The molecule has 1 heterocycles. The molecule has 6 nitrogen and oxygen atoms in total. The minimum absolute atomic E-state index is 0.147. The van der Waals surface area contributed by atoms with Crippen molar-refractivity contribution in [1.82, 2.24) is 0 Å². The van der Waals surface area contributed by atoms with Gasteiger partial charge in [0.05, 0.1) is 5.02 Å². The molecule has 7 heteroatoms. The number of hydrogen-bond donors (Lipinski definition) is 1. The molecule has 3 aromatic carbocycles. The molecular weight excluding hydrogens is 440 g/mol. The number of nitriles is 1. The van der Waals surface area contributed by atoms with Crippen LogP contribution in [-0.2, 0) is 11.4 Å². The number of hydrogen-bond acceptors (Lipinski definition) is 5. The maximum Gasteiger partial charge on any atom is 0.259 e. The number of carbonyl (C=O) groups excluding carboxylic acids is 1. The summed E-state index contributed by atoms with van der Waals surface area (Å²) in [7, 11) is 0. The van der Waals surface area contributed by atoms with E-state index in [1.54, 1.807) is 24.3 Å². The standard InChI is InChI=1S/C26H21ClN2O4/c1-16-19(3-2-4-21(16)18-6-8-24-25(13-18)32-10-9-31-24)15-33-23-7-5-17(12-22(23)27)11-20(14-28)26(29)30/h2-8,11-13H,9-10,15H2,1H3,(H2,29,30). The lowest BCUT2D eigenvalue weighted by molar-refractivity contribution is -0.114. The molecule has 0 fully saturated rings. The highest BCUT2D eigenvalue weighted by molar-refractivity contribution is 6.32. The van der Waals surface area contributed by atoms with Crippen LogP contribution in [-0.4, -0.2) is 19.1 Å². The monoisotopic (exact) mass is 460 g/mol. The maximum atomic E-state index is 11.2. The molecule has 0 bridgehead atoms. The maximum absolute atomic E-state index is 11.2. The van der Waals surface area contributed by atoms with E-state index in [0.29, 0.717) is 36.2 Å². The molecule has 0 aliphatic carbocycles. The summed E-state index contributed by atoms with van der Waals surface area (Å²) in [6.07, 6.45) is 1.39. The van der Waals surface area contributed by atoms with E-state index < -0.39 is 5.91 Å². The number of amides is 1. The van der Waals surface area contributed by atoms with E-state index in [2.05, 4.69) is 6.07 Å². The molecule has 2 N–H and O–H groups in total. The Balaban J connectivity index is 1.53. The van der Waals surface area contributed by atoms with E-state index in [1.807, 2.05) is 37.3 Å². The lowest BCUT2D eigenvalue weighted by Gasteiger charge is -2.20. The predicted molar refractivity (Wildman–Crippen MR) is 126 cm³/mol. The molecular formula is C26H21ClN2O4. The van der Waals surface area contributed by atoms with Crippen LogP contribution in [0.15, 0.2) is 60.2 Å². The fourth-order valence-corrected chi connectivity index (χ4v) is 3.81. The Morgan fingerprint density at radius 3 is 2.67 bits per heavy atom. The van der Waals surface area contributed by atoms with Gasteiger partial charge in [-0.1, -0.05) is 41.9 Å². The largest absolute Gasteiger partial charge is 0.487 e. The average Bonchev–Trinajstić information content (AvgIpc) is 2.82. The molecule has 1 aliphatic heterocycles. The SMILES string of the molecule is Cc1c(COc2ccc(C=C(C#N)C(N)=O)cc2Cl)cccc1-c1ccc2c(c1)OCCO2. The van der Waals surface area contributed by atoms with Crippen LogP contribution < -0.4 is 19.9 Å². The van der Waals surface area contributed by atoms with Gasteiger partial charge in [-0.05, 0) is 65.1 Å². The molecule has 0 atom stereocenters. The first-order valence-electron chi connectivity index (χ1n) is 10.3.